The van der Waals surface area contributed by atoms with Crippen LogP contribution in [0.4, 0.5) is 0 Å². The average molecular weight is 292 g/mol. The first-order valence-corrected chi connectivity index (χ1v) is 7.66. The van der Waals surface area contributed by atoms with Gasteiger partial charge in [0.1, 0.15) is 5.75 Å². The summed E-state index contributed by atoms with van der Waals surface area (Å²) in [5.41, 5.74) is 4.15. The zero-order chi connectivity index (χ0) is 15.5. The number of hydrazine groups is 1. The number of hydrogen-bond acceptors (Lipinski definition) is 5. The van der Waals surface area contributed by atoms with E-state index in [1.54, 1.807) is 13.3 Å². The van der Waals surface area contributed by atoms with Gasteiger partial charge in [-0.2, -0.15) is 0 Å². The number of hydrogen-bond donors (Lipinski definition) is 2. The molecule has 0 amide bonds. The van der Waals surface area contributed by atoms with Crippen LogP contribution >= 0.6 is 0 Å². The lowest BCUT2D eigenvalue weighted by Crippen LogP contribution is -2.56. The fourth-order valence-electron chi connectivity index (χ4n) is 3.52. The molecule has 3 N–H and O–H groups in total. The summed E-state index contributed by atoms with van der Waals surface area (Å²) in [4.78, 5) is 6.61. The first-order chi connectivity index (χ1) is 10.0. The number of nitrogens with two attached hydrogens (primary N) is 1. The first-order valence-electron chi connectivity index (χ1n) is 7.66. The molecule has 5 heteroatoms. The van der Waals surface area contributed by atoms with Gasteiger partial charge in [0, 0.05) is 11.7 Å². The SMILES string of the molecule is COc1cncc(C(NN)C2(N(C)C)CCC(C)CC2)c1. The smallest absolute Gasteiger partial charge is 0.137 e. The minimum Gasteiger partial charge on any atom is -0.495 e. The lowest BCUT2D eigenvalue weighted by molar-refractivity contribution is 0.0426. The van der Waals surface area contributed by atoms with Crippen molar-refractivity contribution in [3.63, 3.8) is 0 Å². The highest BCUT2D eigenvalue weighted by atomic mass is 16.5. The van der Waals surface area contributed by atoms with Gasteiger partial charge in [-0.3, -0.25) is 16.3 Å². The van der Waals surface area contributed by atoms with E-state index in [9.17, 15) is 0 Å². The highest BCUT2D eigenvalue weighted by molar-refractivity contribution is 5.29. The molecule has 1 aliphatic carbocycles. The standard InChI is InChI=1S/C16H28N4O/c1-12-5-7-16(8-6-12,20(2)3)15(19-17)13-9-14(21-4)11-18-10-13/h9-12,15,19H,5-8,17H2,1-4H3. The van der Waals surface area contributed by atoms with Gasteiger partial charge in [0.15, 0.2) is 0 Å². The third kappa shape index (κ3) is 3.20. The molecule has 5 nitrogen and oxygen atoms in total. The molecule has 0 saturated heterocycles. The Hall–Kier alpha value is -1.17. The summed E-state index contributed by atoms with van der Waals surface area (Å²) in [6.45, 7) is 2.33. The number of pyridine rings is 1. The van der Waals surface area contributed by atoms with E-state index in [4.69, 9.17) is 10.6 Å². The van der Waals surface area contributed by atoms with Crippen LogP contribution in [-0.2, 0) is 0 Å². The van der Waals surface area contributed by atoms with Gasteiger partial charge in [0.2, 0.25) is 0 Å². The molecule has 118 valence electrons. The summed E-state index contributed by atoms with van der Waals surface area (Å²) in [6, 6.07) is 2.07. The summed E-state index contributed by atoms with van der Waals surface area (Å²) in [6.07, 6.45) is 8.33. The number of aromatic nitrogens is 1. The Bertz CT molecular complexity index is 455. The van der Waals surface area contributed by atoms with Crippen molar-refractivity contribution >= 4 is 0 Å². The van der Waals surface area contributed by atoms with Gasteiger partial charge in [0.25, 0.3) is 0 Å². The van der Waals surface area contributed by atoms with Crippen LogP contribution in [0.3, 0.4) is 0 Å². The molecule has 0 spiro atoms. The van der Waals surface area contributed by atoms with Crippen LogP contribution in [0.15, 0.2) is 18.5 Å². The summed E-state index contributed by atoms with van der Waals surface area (Å²) in [7, 11) is 5.96. The first kappa shape index (κ1) is 16.2. The zero-order valence-electron chi connectivity index (χ0n) is 13.6. The number of ether oxygens (including phenoxy) is 1. The van der Waals surface area contributed by atoms with E-state index in [1.807, 2.05) is 12.3 Å². The van der Waals surface area contributed by atoms with Crippen molar-refractivity contribution in [3.05, 3.63) is 24.0 Å². The third-order valence-electron chi connectivity index (χ3n) is 5.04. The van der Waals surface area contributed by atoms with Gasteiger partial charge in [-0.25, -0.2) is 0 Å². The van der Waals surface area contributed by atoms with E-state index in [1.165, 1.54) is 12.8 Å². The van der Waals surface area contributed by atoms with Crippen molar-refractivity contribution in [1.29, 1.82) is 0 Å². The predicted molar refractivity (Wildman–Crippen MR) is 84.9 cm³/mol. The maximum atomic E-state index is 5.94. The minimum absolute atomic E-state index is 0.0231. The van der Waals surface area contributed by atoms with Crippen LogP contribution < -0.4 is 16.0 Å². The van der Waals surface area contributed by atoms with E-state index >= 15 is 0 Å². The number of rotatable bonds is 5. The fourth-order valence-corrected chi connectivity index (χ4v) is 3.52. The molecule has 0 bridgehead atoms. The van der Waals surface area contributed by atoms with Crippen LogP contribution in [0.1, 0.15) is 44.2 Å². The van der Waals surface area contributed by atoms with Gasteiger partial charge in [-0.1, -0.05) is 6.92 Å². The van der Waals surface area contributed by atoms with Gasteiger partial charge in [-0.15, -0.1) is 0 Å². The Morgan fingerprint density at radius 2 is 2.05 bits per heavy atom. The van der Waals surface area contributed by atoms with Crippen molar-refractivity contribution in [1.82, 2.24) is 15.3 Å². The molecule has 2 rings (SSSR count). The second-order valence-corrected chi connectivity index (χ2v) is 6.44. The molecule has 0 aromatic carbocycles. The van der Waals surface area contributed by atoms with E-state index in [0.29, 0.717) is 0 Å². The normalized spacial score (nSPS) is 27.6. The maximum Gasteiger partial charge on any atom is 0.137 e. The van der Waals surface area contributed by atoms with Gasteiger partial charge >= 0.3 is 0 Å². The molecule has 1 unspecified atom stereocenters. The Balaban J connectivity index is 2.35. The van der Waals surface area contributed by atoms with Crippen LogP contribution in [0.25, 0.3) is 0 Å². The van der Waals surface area contributed by atoms with Crippen molar-refractivity contribution in [2.45, 2.75) is 44.2 Å². The summed E-state index contributed by atoms with van der Waals surface area (Å²) >= 11 is 0. The second kappa shape index (κ2) is 6.73. The Morgan fingerprint density at radius 1 is 1.38 bits per heavy atom. The molecule has 1 fully saturated rings. The molecule has 1 heterocycles. The van der Waals surface area contributed by atoms with Crippen LogP contribution in [0, 0.1) is 5.92 Å². The monoisotopic (exact) mass is 292 g/mol. The van der Waals surface area contributed by atoms with Crippen LogP contribution in [-0.4, -0.2) is 36.6 Å². The molecule has 1 aromatic heterocycles. The van der Waals surface area contributed by atoms with E-state index in [-0.39, 0.29) is 11.6 Å². The van der Waals surface area contributed by atoms with Crippen molar-refractivity contribution in [2.24, 2.45) is 11.8 Å². The van der Waals surface area contributed by atoms with E-state index in [0.717, 1.165) is 30.1 Å². The predicted octanol–water partition coefficient (Wildman–Crippen LogP) is 2.11. The Labute approximate surface area is 127 Å². The van der Waals surface area contributed by atoms with Crippen molar-refractivity contribution in [3.8, 4) is 5.75 Å². The molecular weight excluding hydrogens is 264 g/mol. The summed E-state index contributed by atoms with van der Waals surface area (Å²) < 4.78 is 5.30. The molecule has 0 aliphatic heterocycles. The second-order valence-electron chi connectivity index (χ2n) is 6.44. The number of likely N-dealkylation sites (N-methyl/N-ethyl adjacent to an activating group) is 1. The molecule has 1 saturated carbocycles. The molecule has 21 heavy (non-hydrogen) atoms. The lowest BCUT2D eigenvalue weighted by atomic mass is 9.70. The quantitative estimate of drug-likeness (QED) is 0.643. The Kier molecular flexibility index (Phi) is 5.19. The number of nitrogens with one attached hydrogen (secondary N) is 1. The van der Waals surface area contributed by atoms with E-state index in [2.05, 4.69) is 36.3 Å². The van der Waals surface area contributed by atoms with Crippen molar-refractivity contribution < 1.29 is 4.74 Å². The van der Waals surface area contributed by atoms with Crippen LogP contribution in [0.5, 0.6) is 5.75 Å². The summed E-state index contributed by atoms with van der Waals surface area (Å²) in [5, 5.41) is 0. The van der Waals surface area contributed by atoms with Gasteiger partial charge < -0.3 is 9.64 Å². The molecule has 0 radical (unpaired) electrons. The molecule has 1 aromatic rings. The van der Waals surface area contributed by atoms with E-state index < -0.39 is 0 Å². The molecular formula is C16H28N4O. The zero-order valence-corrected chi connectivity index (χ0v) is 13.6. The minimum atomic E-state index is 0.0231. The van der Waals surface area contributed by atoms with Crippen molar-refractivity contribution in [2.75, 3.05) is 21.2 Å². The van der Waals surface area contributed by atoms with Gasteiger partial charge in [0.05, 0.1) is 19.3 Å². The maximum absolute atomic E-state index is 5.94. The van der Waals surface area contributed by atoms with Crippen LogP contribution in [0.2, 0.25) is 0 Å². The molecule has 1 atom stereocenters. The highest BCUT2D eigenvalue weighted by Crippen LogP contribution is 2.43. The third-order valence-corrected chi connectivity index (χ3v) is 5.04. The largest absolute Gasteiger partial charge is 0.495 e. The number of nitrogens with zero attached hydrogens (tertiary/aromatic N) is 2. The fraction of sp³-hybridized carbons (Fsp3) is 0.688. The number of methoxy groups -OCH3 is 1. The topological polar surface area (TPSA) is 63.4 Å². The lowest BCUT2D eigenvalue weighted by Gasteiger charge is -2.49. The van der Waals surface area contributed by atoms with Gasteiger partial charge in [-0.05, 0) is 57.3 Å². The average Bonchev–Trinajstić information content (AvgIpc) is 2.50. The summed E-state index contributed by atoms with van der Waals surface area (Å²) in [5.74, 6) is 7.50. The highest BCUT2D eigenvalue weighted by Gasteiger charge is 2.43. The Morgan fingerprint density at radius 3 is 2.57 bits per heavy atom. The molecule has 1 aliphatic rings.